The average molecular weight is 325 g/mol. The van der Waals surface area contributed by atoms with Crippen LogP contribution in [0.4, 0.5) is 0 Å². The van der Waals surface area contributed by atoms with Crippen molar-refractivity contribution in [2.45, 2.75) is 25.0 Å². The molecule has 2 fully saturated rings. The Morgan fingerprint density at radius 1 is 1.18 bits per heavy atom. The van der Waals surface area contributed by atoms with Crippen molar-refractivity contribution < 1.29 is 14.3 Å². The summed E-state index contributed by atoms with van der Waals surface area (Å²) in [6.45, 7) is 1.87. The molecule has 2 heterocycles. The van der Waals surface area contributed by atoms with Crippen LogP contribution in [0.1, 0.15) is 12.8 Å². The first-order valence-corrected chi connectivity index (χ1v) is 7.65. The molecule has 3 aliphatic rings. The molecule has 6 heteroatoms. The van der Waals surface area contributed by atoms with Gasteiger partial charge in [-0.25, -0.2) is 0 Å². The molecule has 1 saturated heterocycles. The Balaban J connectivity index is 0.00000144. The Morgan fingerprint density at radius 2 is 1.95 bits per heavy atom. The lowest BCUT2D eigenvalue weighted by Crippen LogP contribution is -2.46. The minimum absolute atomic E-state index is 0. The van der Waals surface area contributed by atoms with Gasteiger partial charge < -0.3 is 20.1 Å². The third-order valence-corrected chi connectivity index (χ3v) is 5.01. The van der Waals surface area contributed by atoms with Crippen molar-refractivity contribution in [1.82, 2.24) is 4.90 Å². The lowest BCUT2D eigenvalue weighted by atomic mass is 9.98. The van der Waals surface area contributed by atoms with Crippen molar-refractivity contribution in [2.75, 3.05) is 19.7 Å². The van der Waals surface area contributed by atoms with E-state index in [1.54, 1.807) is 0 Å². The summed E-state index contributed by atoms with van der Waals surface area (Å²) in [6.07, 6.45) is 1.70. The molecule has 0 bridgehead atoms. The molecule has 4 atom stereocenters. The number of benzene rings is 1. The maximum absolute atomic E-state index is 12.6. The molecule has 2 aliphatic heterocycles. The SMILES string of the molecule is Cl.NC1CCC2CN(C(=O)C3COc4ccccc4O3)CC12. The number of likely N-dealkylation sites (tertiary alicyclic amines) is 1. The second-order valence-electron chi connectivity index (χ2n) is 6.27. The number of halogens is 1. The molecule has 2 N–H and O–H groups in total. The Bertz CT molecular complexity index is 568. The first kappa shape index (κ1) is 15.4. The fraction of sp³-hybridized carbons (Fsp3) is 0.562. The molecule has 0 spiro atoms. The molecule has 0 radical (unpaired) electrons. The minimum atomic E-state index is -0.532. The van der Waals surface area contributed by atoms with Crippen LogP contribution in [0.25, 0.3) is 0 Å². The van der Waals surface area contributed by atoms with Crippen molar-refractivity contribution in [3.63, 3.8) is 0 Å². The van der Waals surface area contributed by atoms with Gasteiger partial charge in [-0.05, 0) is 36.8 Å². The summed E-state index contributed by atoms with van der Waals surface area (Å²) in [5, 5.41) is 0. The maximum Gasteiger partial charge on any atom is 0.267 e. The van der Waals surface area contributed by atoms with Crippen LogP contribution in [-0.2, 0) is 4.79 Å². The van der Waals surface area contributed by atoms with Gasteiger partial charge in [0, 0.05) is 19.1 Å². The van der Waals surface area contributed by atoms with Gasteiger partial charge in [-0.3, -0.25) is 4.79 Å². The highest BCUT2D eigenvalue weighted by Gasteiger charge is 2.44. The van der Waals surface area contributed by atoms with Crippen LogP contribution in [0, 0.1) is 11.8 Å². The predicted octanol–water partition coefficient (Wildman–Crippen LogP) is 1.44. The Morgan fingerprint density at radius 3 is 2.73 bits per heavy atom. The lowest BCUT2D eigenvalue weighted by Gasteiger charge is -2.29. The second-order valence-corrected chi connectivity index (χ2v) is 6.27. The lowest BCUT2D eigenvalue weighted by molar-refractivity contribution is -0.140. The van der Waals surface area contributed by atoms with Crippen molar-refractivity contribution in [3.8, 4) is 11.5 Å². The fourth-order valence-corrected chi connectivity index (χ4v) is 3.83. The number of nitrogens with two attached hydrogens (primary N) is 1. The molecule has 1 saturated carbocycles. The van der Waals surface area contributed by atoms with Crippen molar-refractivity contribution >= 4 is 18.3 Å². The van der Waals surface area contributed by atoms with Crippen LogP contribution in [-0.4, -0.2) is 42.6 Å². The zero-order valence-corrected chi connectivity index (χ0v) is 13.1. The number of nitrogens with zero attached hydrogens (tertiary/aromatic N) is 1. The van der Waals surface area contributed by atoms with E-state index in [4.69, 9.17) is 15.2 Å². The largest absolute Gasteiger partial charge is 0.485 e. The molecule has 0 aromatic heterocycles. The number of carbonyl (C=O) groups excluding carboxylic acids is 1. The summed E-state index contributed by atoms with van der Waals surface area (Å²) in [6, 6.07) is 7.72. The van der Waals surface area contributed by atoms with Crippen LogP contribution in [0.5, 0.6) is 11.5 Å². The van der Waals surface area contributed by atoms with E-state index in [1.165, 1.54) is 0 Å². The summed E-state index contributed by atoms with van der Waals surface area (Å²) in [5.41, 5.74) is 6.13. The summed E-state index contributed by atoms with van der Waals surface area (Å²) in [5.74, 6) is 2.43. The molecule has 4 rings (SSSR count). The topological polar surface area (TPSA) is 64.8 Å². The summed E-state index contributed by atoms with van der Waals surface area (Å²) < 4.78 is 11.4. The van der Waals surface area contributed by atoms with Crippen LogP contribution in [0.2, 0.25) is 0 Å². The number of hydrogen-bond donors (Lipinski definition) is 1. The predicted molar refractivity (Wildman–Crippen MR) is 84.4 cm³/mol. The van der Waals surface area contributed by atoms with Crippen LogP contribution in [0.15, 0.2) is 24.3 Å². The van der Waals surface area contributed by atoms with E-state index in [-0.39, 0.29) is 31.0 Å². The highest BCUT2D eigenvalue weighted by atomic mass is 35.5. The first-order chi connectivity index (χ1) is 10.2. The van der Waals surface area contributed by atoms with E-state index in [0.29, 0.717) is 23.3 Å². The zero-order valence-electron chi connectivity index (χ0n) is 12.3. The zero-order chi connectivity index (χ0) is 14.4. The molecule has 120 valence electrons. The number of amides is 1. The quantitative estimate of drug-likeness (QED) is 0.849. The molecule has 1 aromatic rings. The molecule has 22 heavy (non-hydrogen) atoms. The normalized spacial score (nSPS) is 32.3. The van der Waals surface area contributed by atoms with Gasteiger partial charge in [-0.1, -0.05) is 12.1 Å². The molecule has 1 aliphatic carbocycles. The highest BCUT2D eigenvalue weighted by molar-refractivity contribution is 5.85. The van der Waals surface area contributed by atoms with Gasteiger partial charge in [-0.15, -0.1) is 12.4 Å². The van der Waals surface area contributed by atoms with Crippen LogP contribution >= 0.6 is 12.4 Å². The first-order valence-electron chi connectivity index (χ1n) is 7.65. The van der Waals surface area contributed by atoms with Gasteiger partial charge >= 0.3 is 0 Å². The molecular weight excluding hydrogens is 304 g/mol. The summed E-state index contributed by atoms with van der Waals surface area (Å²) in [4.78, 5) is 14.5. The van der Waals surface area contributed by atoms with E-state index in [9.17, 15) is 4.79 Å². The number of para-hydroxylation sites is 2. The fourth-order valence-electron chi connectivity index (χ4n) is 3.83. The molecule has 1 amide bonds. The van der Waals surface area contributed by atoms with Gasteiger partial charge in [0.2, 0.25) is 6.10 Å². The van der Waals surface area contributed by atoms with Gasteiger partial charge in [0.1, 0.15) is 6.61 Å². The maximum atomic E-state index is 12.6. The smallest absolute Gasteiger partial charge is 0.267 e. The van der Waals surface area contributed by atoms with E-state index in [1.807, 2.05) is 29.2 Å². The highest BCUT2D eigenvalue weighted by Crippen LogP contribution is 2.38. The summed E-state index contributed by atoms with van der Waals surface area (Å²) in [7, 11) is 0. The van der Waals surface area contributed by atoms with Crippen molar-refractivity contribution in [1.29, 1.82) is 0 Å². The number of ether oxygens (including phenoxy) is 2. The monoisotopic (exact) mass is 324 g/mol. The van der Waals surface area contributed by atoms with Crippen LogP contribution < -0.4 is 15.2 Å². The number of carbonyl (C=O) groups is 1. The van der Waals surface area contributed by atoms with E-state index in [0.717, 1.165) is 25.9 Å². The number of hydrogen-bond acceptors (Lipinski definition) is 4. The van der Waals surface area contributed by atoms with E-state index >= 15 is 0 Å². The Labute approximate surface area is 136 Å². The van der Waals surface area contributed by atoms with Gasteiger partial charge in [-0.2, -0.15) is 0 Å². The molecule has 4 unspecified atom stereocenters. The number of rotatable bonds is 1. The Hall–Kier alpha value is -1.46. The van der Waals surface area contributed by atoms with Gasteiger partial charge in [0.25, 0.3) is 5.91 Å². The molecule has 5 nitrogen and oxygen atoms in total. The van der Waals surface area contributed by atoms with Gasteiger partial charge in [0.05, 0.1) is 0 Å². The van der Waals surface area contributed by atoms with Crippen LogP contribution in [0.3, 0.4) is 0 Å². The molecule has 1 aromatic carbocycles. The molecular formula is C16H21ClN2O3. The van der Waals surface area contributed by atoms with Gasteiger partial charge in [0.15, 0.2) is 11.5 Å². The third-order valence-electron chi connectivity index (χ3n) is 5.01. The average Bonchev–Trinajstić information content (AvgIpc) is 3.08. The standard InChI is InChI=1S/C16H20N2O3.ClH/c17-12-6-5-10-7-18(8-11(10)12)16(19)15-9-20-13-3-1-2-4-14(13)21-15;/h1-4,10-12,15H,5-9,17H2;1H. The third kappa shape index (κ3) is 2.52. The summed E-state index contributed by atoms with van der Waals surface area (Å²) >= 11 is 0. The number of fused-ring (bicyclic) bond motifs is 2. The van der Waals surface area contributed by atoms with Crippen molar-refractivity contribution in [2.24, 2.45) is 17.6 Å². The van der Waals surface area contributed by atoms with Crippen molar-refractivity contribution in [3.05, 3.63) is 24.3 Å². The van der Waals surface area contributed by atoms with E-state index in [2.05, 4.69) is 0 Å². The Kier molecular flexibility index (Phi) is 4.19. The minimum Gasteiger partial charge on any atom is -0.485 e. The second kappa shape index (κ2) is 5.97. The van der Waals surface area contributed by atoms with E-state index < -0.39 is 6.10 Å².